The Hall–Kier alpha value is -5.23. The number of ether oxygens (including phenoxy) is 3. The van der Waals surface area contributed by atoms with Gasteiger partial charge in [0, 0.05) is 19.3 Å². The normalized spacial score (nSPS) is 13.3. The molecule has 0 spiro atoms. The van der Waals surface area contributed by atoms with Crippen LogP contribution in [0.1, 0.15) is 245 Å². The number of carbonyl (C=O) groups is 3. The first-order chi connectivity index (χ1) is 38.5. The van der Waals surface area contributed by atoms with Crippen LogP contribution < -0.4 is 0 Å². The summed E-state index contributed by atoms with van der Waals surface area (Å²) in [6.07, 6.45) is 95.0. The highest BCUT2D eigenvalue weighted by Gasteiger charge is 2.19. The highest BCUT2D eigenvalue weighted by atomic mass is 16.6. The topological polar surface area (TPSA) is 78.9 Å². The van der Waals surface area contributed by atoms with Crippen molar-refractivity contribution in [3.05, 3.63) is 170 Å². The SMILES string of the molecule is CC/C=C\C/C=C\C/C=C\C/C=C\C/C=C\C/C=C\C/C=C\C/C=C\C/C=C\CCCCCC(=O)OCC(COC(=O)CCCCCCC/C=C\CCCCC)OC(=O)CCCCCC/C=C\C/C=C\C/C=C\C/C=C\CC. The molecule has 0 aromatic carbocycles. The van der Waals surface area contributed by atoms with Crippen molar-refractivity contribution in [2.24, 2.45) is 0 Å². The number of esters is 3. The van der Waals surface area contributed by atoms with E-state index >= 15 is 0 Å². The summed E-state index contributed by atoms with van der Waals surface area (Å²) in [5, 5.41) is 0. The van der Waals surface area contributed by atoms with Gasteiger partial charge in [-0.3, -0.25) is 14.4 Å². The van der Waals surface area contributed by atoms with Gasteiger partial charge in [-0.1, -0.05) is 242 Å². The van der Waals surface area contributed by atoms with Crippen molar-refractivity contribution in [2.75, 3.05) is 13.2 Å². The minimum Gasteiger partial charge on any atom is -0.462 e. The van der Waals surface area contributed by atoms with Crippen molar-refractivity contribution < 1.29 is 28.6 Å². The van der Waals surface area contributed by atoms with Crippen LogP contribution in [0.4, 0.5) is 0 Å². The molecule has 0 rings (SSSR count). The molecular formula is C72H112O6. The van der Waals surface area contributed by atoms with E-state index in [4.69, 9.17) is 14.2 Å². The first-order valence-electron chi connectivity index (χ1n) is 31.1. The fourth-order valence-electron chi connectivity index (χ4n) is 7.83. The quantitative estimate of drug-likeness (QED) is 0.0261. The Morgan fingerprint density at radius 2 is 0.500 bits per heavy atom. The van der Waals surface area contributed by atoms with Crippen LogP contribution in [0.3, 0.4) is 0 Å². The summed E-state index contributed by atoms with van der Waals surface area (Å²) in [4.78, 5) is 38.2. The number of hydrogen-bond donors (Lipinski definition) is 0. The van der Waals surface area contributed by atoms with E-state index in [0.29, 0.717) is 12.8 Å². The molecule has 0 aromatic heterocycles. The maximum Gasteiger partial charge on any atom is 0.306 e. The minimum atomic E-state index is -0.817. The van der Waals surface area contributed by atoms with Gasteiger partial charge in [-0.25, -0.2) is 0 Å². The Morgan fingerprint density at radius 3 is 0.808 bits per heavy atom. The Bertz CT molecular complexity index is 1810. The molecule has 0 heterocycles. The summed E-state index contributed by atoms with van der Waals surface area (Å²) in [5.74, 6) is -0.985. The lowest BCUT2D eigenvalue weighted by Gasteiger charge is -2.18. The Balaban J connectivity index is 4.43. The molecule has 0 aliphatic heterocycles. The van der Waals surface area contributed by atoms with Crippen molar-refractivity contribution in [1.82, 2.24) is 0 Å². The zero-order chi connectivity index (χ0) is 56.4. The van der Waals surface area contributed by atoms with E-state index in [1.807, 2.05) is 0 Å². The maximum atomic E-state index is 12.9. The molecule has 0 fully saturated rings. The van der Waals surface area contributed by atoms with Gasteiger partial charge < -0.3 is 14.2 Å². The molecule has 78 heavy (non-hydrogen) atoms. The van der Waals surface area contributed by atoms with Gasteiger partial charge >= 0.3 is 17.9 Å². The third-order valence-electron chi connectivity index (χ3n) is 12.4. The monoisotopic (exact) mass is 1070 g/mol. The third-order valence-corrected chi connectivity index (χ3v) is 12.4. The average molecular weight is 1070 g/mol. The average Bonchev–Trinajstić information content (AvgIpc) is 3.44. The Morgan fingerprint density at radius 1 is 0.269 bits per heavy atom. The van der Waals surface area contributed by atoms with E-state index in [1.54, 1.807) is 0 Å². The smallest absolute Gasteiger partial charge is 0.306 e. The molecule has 1 atom stereocenters. The summed E-state index contributed by atoms with van der Waals surface area (Å²) in [6, 6.07) is 0. The van der Waals surface area contributed by atoms with Crippen LogP contribution >= 0.6 is 0 Å². The molecule has 436 valence electrons. The molecule has 0 aliphatic carbocycles. The number of carbonyl (C=O) groups excluding carboxylic acids is 3. The van der Waals surface area contributed by atoms with E-state index in [0.717, 1.165) is 173 Å². The molecule has 0 aromatic rings. The van der Waals surface area contributed by atoms with E-state index in [-0.39, 0.29) is 37.5 Å². The van der Waals surface area contributed by atoms with E-state index in [2.05, 4.69) is 191 Å². The molecule has 0 aliphatic rings. The van der Waals surface area contributed by atoms with E-state index < -0.39 is 6.10 Å². The van der Waals surface area contributed by atoms with E-state index in [9.17, 15) is 14.4 Å². The maximum absolute atomic E-state index is 12.9. The van der Waals surface area contributed by atoms with Gasteiger partial charge in [0.25, 0.3) is 0 Å². The second-order valence-corrected chi connectivity index (χ2v) is 19.8. The van der Waals surface area contributed by atoms with Crippen molar-refractivity contribution >= 4 is 17.9 Å². The summed E-state index contributed by atoms with van der Waals surface area (Å²) >= 11 is 0. The zero-order valence-electron chi connectivity index (χ0n) is 49.9. The van der Waals surface area contributed by atoms with Gasteiger partial charge in [-0.15, -0.1) is 0 Å². The van der Waals surface area contributed by atoms with Gasteiger partial charge in [0.1, 0.15) is 13.2 Å². The van der Waals surface area contributed by atoms with Crippen LogP contribution in [-0.2, 0) is 28.6 Å². The van der Waals surface area contributed by atoms with Crippen LogP contribution in [0.2, 0.25) is 0 Å². The number of allylic oxidation sites excluding steroid dienone is 28. The van der Waals surface area contributed by atoms with Gasteiger partial charge in [-0.05, 0) is 154 Å². The molecular weight excluding hydrogens is 961 g/mol. The van der Waals surface area contributed by atoms with Crippen LogP contribution in [0, 0.1) is 0 Å². The molecule has 6 nitrogen and oxygen atoms in total. The predicted molar refractivity (Wildman–Crippen MR) is 338 cm³/mol. The molecule has 0 N–H and O–H groups in total. The molecule has 0 amide bonds. The summed E-state index contributed by atoms with van der Waals surface area (Å²) in [6.45, 7) is 6.32. The lowest BCUT2D eigenvalue weighted by atomic mass is 10.1. The second-order valence-electron chi connectivity index (χ2n) is 19.8. The second kappa shape index (κ2) is 64.3. The molecule has 0 saturated carbocycles. The molecule has 1 unspecified atom stereocenters. The standard InChI is InChI=1S/C72H112O6/c1-4-7-10-13-16-19-22-25-27-29-30-31-32-33-34-35-36-37-38-39-40-41-42-44-45-47-50-53-56-59-62-65-71(74)77-68-69(67-76-70(73)64-61-58-55-52-49-24-21-18-15-12-9-6-3)78-72(75)66-63-60-57-54-51-48-46-43-28-26-23-20-17-14-11-8-5-2/h7-8,10-11,16-21,25-28,30-31,33-34,36-37,39-40,42,44,46-48,50,69H,4-6,9,12-15,22-24,29,32,35,38,41,43,45,49,51-68H2,1-3H3/b10-7-,11-8-,19-16-,20-17-,21-18-,27-25-,28-26-,31-30-,34-33-,37-36-,40-39-,44-42-,48-46-,50-47-. The third kappa shape index (κ3) is 61.6. The number of rotatable bonds is 54. The van der Waals surface area contributed by atoms with E-state index in [1.165, 1.54) is 32.1 Å². The number of unbranched alkanes of at least 4 members (excludes halogenated alkanes) is 15. The zero-order valence-corrected chi connectivity index (χ0v) is 49.9. The first kappa shape index (κ1) is 72.8. The Labute approximate surface area is 479 Å². The molecule has 6 heteroatoms. The van der Waals surface area contributed by atoms with Crippen LogP contribution in [0.5, 0.6) is 0 Å². The lowest BCUT2D eigenvalue weighted by Crippen LogP contribution is -2.30. The predicted octanol–water partition coefficient (Wildman–Crippen LogP) is 21.5. The highest BCUT2D eigenvalue weighted by Crippen LogP contribution is 2.13. The largest absolute Gasteiger partial charge is 0.462 e. The summed E-state index contributed by atoms with van der Waals surface area (Å²) in [7, 11) is 0. The Kier molecular flexibility index (Phi) is 60.0. The fourth-order valence-corrected chi connectivity index (χ4v) is 7.83. The fraction of sp³-hybridized carbons (Fsp3) is 0.569. The molecule has 0 saturated heterocycles. The van der Waals surface area contributed by atoms with Crippen LogP contribution in [-0.4, -0.2) is 37.2 Å². The lowest BCUT2D eigenvalue weighted by molar-refractivity contribution is -0.167. The van der Waals surface area contributed by atoms with Crippen molar-refractivity contribution in [3.8, 4) is 0 Å². The van der Waals surface area contributed by atoms with Gasteiger partial charge in [0.15, 0.2) is 6.10 Å². The first-order valence-corrected chi connectivity index (χ1v) is 31.1. The van der Waals surface area contributed by atoms with Gasteiger partial charge in [0.2, 0.25) is 0 Å². The van der Waals surface area contributed by atoms with Gasteiger partial charge in [-0.2, -0.15) is 0 Å². The van der Waals surface area contributed by atoms with Crippen molar-refractivity contribution in [3.63, 3.8) is 0 Å². The minimum absolute atomic E-state index is 0.111. The van der Waals surface area contributed by atoms with Crippen LogP contribution in [0.15, 0.2) is 170 Å². The van der Waals surface area contributed by atoms with Crippen molar-refractivity contribution in [1.29, 1.82) is 0 Å². The summed E-state index contributed by atoms with van der Waals surface area (Å²) < 4.78 is 16.8. The summed E-state index contributed by atoms with van der Waals surface area (Å²) in [5.41, 5.74) is 0. The van der Waals surface area contributed by atoms with Gasteiger partial charge in [0.05, 0.1) is 0 Å². The molecule has 0 bridgehead atoms. The van der Waals surface area contributed by atoms with Crippen molar-refractivity contribution in [2.45, 2.75) is 252 Å². The highest BCUT2D eigenvalue weighted by molar-refractivity contribution is 5.71. The number of hydrogen-bond acceptors (Lipinski definition) is 6. The van der Waals surface area contributed by atoms with Crippen LogP contribution in [0.25, 0.3) is 0 Å². The molecule has 0 radical (unpaired) electrons.